The van der Waals surface area contributed by atoms with Gasteiger partial charge < -0.3 is 5.32 Å². The Morgan fingerprint density at radius 2 is 2.00 bits per heavy atom. The average Bonchev–Trinajstić information content (AvgIpc) is 3.07. The maximum absolute atomic E-state index is 3.67. The molecular weight excluding hydrogens is 208 g/mol. The van der Waals surface area contributed by atoms with E-state index in [1.807, 2.05) is 0 Å². The van der Waals surface area contributed by atoms with Crippen LogP contribution in [0.3, 0.4) is 0 Å². The summed E-state index contributed by atoms with van der Waals surface area (Å²) in [4.78, 5) is 2.71. The second-order valence-electron chi connectivity index (χ2n) is 7.14. The smallest absolute Gasteiger partial charge is 0.0105 e. The number of likely N-dealkylation sites (tertiary alicyclic amines) is 1. The maximum Gasteiger partial charge on any atom is 0.0105 e. The lowest BCUT2D eigenvalue weighted by Gasteiger charge is -2.43. The van der Waals surface area contributed by atoms with Gasteiger partial charge in [-0.15, -0.1) is 0 Å². The molecule has 0 radical (unpaired) electrons. The van der Waals surface area contributed by atoms with Crippen molar-refractivity contribution in [2.75, 3.05) is 19.6 Å². The first-order valence-electron chi connectivity index (χ1n) is 7.45. The summed E-state index contributed by atoms with van der Waals surface area (Å²) in [7, 11) is 0. The standard InChI is InChI=1S/C15H30N2/c1-12(10-16-14-6-7-14)13(2)17-9-5-8-15(3,4)11-17/h12-14,16H,5-11H2,1-4H3. The number of nitrogens with zero attached hydrogens (tertiary/aromatic N) is 1. The molecule has 0 amide bonds. The third kappa shape index (κ3) is 3.96. The molecule has 0 aromatic rings. The molecule has 1 saturated heterocycles. The fourth-order valence-corrected chi connectivity index (χ4v) is 2.99. The third-order valence-corrected chi connectivity index (χ3v) is 4.64. The van der Waals surface area contributed by atoms with Crippen molar-refractivity contribution in [1.82, 2.24) is 10.2 Å². The molecule has 0 aromatic carbocycles. The molecule has 100 valence electrons. The first-order chi connectivity index (χ1) is 7.98. The molecule has 1 aliphatic carbocycles. The van der Waals surface area contributed by atoms with Gasteiger partial charge in [0.25, 0.3) is 0 Å². The zero-order valence-corrected chi connectivity index (χ0v) is 12.1. The number of hydrogen-bond acceptors (Lipinski definition) is 2. The normalized spacial score (nSPS) is 28.9. The fourth-order valence-electron chi connectivity index (χ4n) is 2.99. The first-order valence-corrected chi connectivity index (χ1v) is 7.45. The van der Waals surface area contributed by atoms with Crippen molar-refractivity contribution in [3.63, 3.8) is 0 Å². The summed E-state index contributed by atoms with van der Waals surface area (Å²) in [6.45, 7) is 13.4. The van der Waals surface area contributed by atoms with E-state index in [4.69, 9.17) is 0 Å². The summed E-state index contributed by atoms with van der Waals surface area (Å²) < 4.78 is 0. The highest BCUT2D eigenvalue weighted by Gasteiger charge is 2.31. The molecule has 0 spiro atoms. The Bertz CT molecular complexity index is 245. The van der Waals surface area contributed by atoms with Crippen molar-refractivity contribution in [2.45, 2.75) is 65.5 Å². The lowest BCUT2D eigenvalue weighted by molar-refractivity contribution is 0.0629. The zero-order valence-electron chi connectivity index (χ0n) is 12.1. The lowest BCUT2D eigenvalue weighted by atomic mass is 9.83. The van der Waals surface area contributed by atoms with Crippen LogP contribution in [-0.2, 0) is 0 Å². The summed E-state index contributed by atoms with van der Waals surface area (Å²) in [5, 5.41) is 3.67. The lowest BCUT2D eigenvalue weighted by Crippen LogP contribution is -2.48. The predicted molar refractivity (Wildman–Crippen MR) is 74.2 cm³/mol. The van der Waals surface area contributed by atoms with Gasteiger partial charge in [0.1, 0.15) is 0 Å². The Kier molecular flexibility index (Phi) is 4.14. The molecule has 2 unspecified atom stereocenters. The van der Waals surface area contributed by atoms with Crippen LogP contribution < -0.4 is 5.32 Å². The van der Waals surface area contributed by atoms with E-state index in [0.717, 1.165) is 18.0 Å². The number of rotatable bonds is 5. The van der Waals surface area contributed by atoms with E-state index < -0.39 is 0 Å². The van der Waals surface area contributed by atoms with Gasteiger partial charge in [-0.3, -0.25) is 4.90 Å². The minimum atomic E-state index is 0.524. The summed E-state index contributed by atoms with van der Waals surface area (Å²) in [5.74, 6) is 0.768. The van der Waals surface area contributed by atoms with Gasteiger partial charge in [0.15, 0.2) is 0 Å². The molecule has 2 nitrogen and oxygen atoms in total. The van der Waals surface area contributed by atoms with Crippen LogP contribution in [0.5, 0.6) is 0 Å². The topological polar surface area (TPSA) is 15.3 Å². The van der Waals surface area contributed by atoms with Gasteiger partial charge in [0.2, 0.25) is 0 Å². The molecule has 2 atom stereocenters. The van der Waals surface area contributed by atoms with Crippen molar-refractivity contribution in [3.8, 4) is 0 Å². The molecule has 2 heteroatoms. The molecular formula is C15H30N2. The average molecular weight is 238 g/mol. The molecule has 0 bridgehead atoms. The molecule has 0 aromatic heterocycles. The number of nitrogens with one attached hydrogen (secondary N) is 1. The molecule has 1 saturated carbocycles. The van der Waals surface area contributed by atoms with Crippen LogP contribution in [0.25, 0.3) is 0 Å². The summed E-state index contributed by atoms with van der Waals surface area (Å²) in [6.07, 6.45) is 5.57. The monoisotopic (exact) mass is 238 g/mol. The van der Waals surface area contributed by atoms with Crippen molar-refractivity contribution in [2.24, 2.45) is 11.3 Å². The number of hydrogen-bond donors (Lipinski definition) is 1. The molecule has 1 N–H and O–H groups in total. The van der Waals surface area contributed by atoms with Crippen LogP contribution in [-0.4, -0.2) is 36.6 Å². The van der Waals surface area contributed by atoms with E-state index >= 15 is 0 Å². The summed E-state index contributed by atoms with van der Waals surface area (Å²) in [5.41, 5.74) is 0.524. The minimum absolute atomic E-state index is 0.524. The van der Waals surface area contributed by atoms with Gasteiger partial charge in [0.05, 0.1) is 0 Å². The highest BCUT2D eigenvalue weighted by molar-refractivity contribution is 4.86. The van der Waals surface area contributed by atoms with Crippen molar-refractivity contribution >= 4 is 0 Å². The predicted octanol–water partition coefficient (Wildman–Crippen LogP) is 2.89. The van der Waals surface area contributed by atoms with E-state index in [0.29, 0.717) is 5.41 Å². The molecule has 1 aliphatic heterocycles. The Labute approximate surface area is 107 Å². The Morgan fingerprint density at radius 1 is 1.29 bits per heavy atom. The van der Waals surface area contributed by atoms with E-state index in [9.17, 15) is 0 Å². The van der Waals surface area contributed by atoms with E-state index in [-0.39, 0.29) is 0 Å². The van der Waals surface area contributed by atoms with E-state index in [1.54, 1.807) is 0 Å². The molecule has 1 heterocycles. The van der Waals surface area contributed by atoms with Gasteiger partial charge in [-0.2, -0.15) is 0 Å². The second kappa shape index (κ2) is 5.27. The Morgan fingerprint density at radius 3 is 2.59 bits per heavy atom. The molecule has 2 aliphatic rings. The maximum atomic E-state index is 3.67. The Hall–Kier alpha value is -0.0800. The number of piperidine rings is 1. The van der Waals surface area contributed by atoms with E-state index in [2.05, 4.69) is 37.9 Å². The minimum Gasteiger partial charge on any atom is -0.314 e. The molecule has 17 heavy (non-hydrogen) atoms. The van der Waals surface area contributed by atoms with Gasteiger partial charge in [-0.1, -0.05) is 20.8 Å². The van der Waals surface area contributed by atoms with Gasteiger partial charge in [-0.25, -0.2) is 0 Å². The highest BCUT2D eigenvalue weighted by atomic mass is 15.2. The van der Waals surface area contributed by atoms with Crippen LogP contribution in [0, 0.1) is 11.3 Å². The summed E-state index contributed by atoms with van der Waals surface area (Å²) in [6, 6.07) is 1.57. The quantitative estimate of drug-likeness (QED) is 0.792. The van der Waals surface area contributed by atoms with E-state index in [1.165, 1.54) is 45.3 Å². The van der Waals surface area contributed by atoms with Gasteiger partial charge in [0, 0.05) is 18.6 Å². The second-order valence-corrected chi connectivity index (χ2v) is 7.14. The van der Waals surface area contributed by atoms with Crippen LogP contribution >= 0.6 is 0 Å². The Balaban J connectivity index is 1.78. The molecule has 2 fully saturated rings. The third-order valence-electron chi connectivity index (χ3n) is 4.64. The van der Waals surface area contributed by atoms with Crippen molar-refractivity contribution < 1.29 is 0 Å². The van der Waals surface area contributed by atoms with Crippen molar-refractivity contribution in [3.05, 3.63) is 0 Å². The first kappa shape index (κ1) is 13.4. The van der Waals surface area contributed by atoms with Crippen LogP contribution in [0.15, 0.2) is 0 Å². The largest absolute Gasteiger partial charge is 0.314 e. The van der Waals surface area contributed by atoms with Gasteiger partial charge >= 0.3 is 0 Å². The van der Waals surface area contributed by atoms with Crippen LogP contribution in [0.4, 0.5) is 0 Å². The highest BCUT2D eigenvalue weighted by Crippen LogP contribution is 2.30. The van der Waals surface area contributed by atoms with Crippen LogP contribution in [0.2, 0.25) is 0 Å². The fraction of sp³-hybridized carbons (Fsp3) is 1.00. The zero-order chi connectivity index (χ0) is 12.5. The summed E-state index contributed by atoms with van der Waals surface area (Å²) >= 11 is 0. The van der Waals surface area contributed by atoms with Gasteiger partial charge in [-0.05, 0) is 57.0 Å². The van der Waals surface area contributed by atoms with Crippen molar-refractivity contribution in [1.29, 1.82) is 0 Å². The molecule has 2 rings (SSSR count). The SMILES string of the molecule is CC(CNC1CC1)C(C)N1CCCC(C)(C)C1. The van der Waals surface area contributed by atoms with Crippen LogP contribution in [0.1, 0.15) is 53.4 Å².